The fourth-order valence-corrected chi connectivity index (χ4v) is 5.24. The molecule has 4 rings (SSSR count). The van der Waals surface area contributed by atoms with Crippen LogP contribution in [-0.4, -0.2) is 18.6 Å². The van der Waals surface area contributed by atoms with E-state index in [9.17, 15) is 8.42 Å². The zero-order valence-corrected chi connectivity index (χ0v) is 17.5. The number of aryl methyl sites for hydroxylation is 2. The van der Waals surface area contributed by atoms with Gasteiger partial charge in [0, 0.05) is 23.1 Å². The Bertz CT molecular complexity index is 1230. The summed E-state index contributed by atoms with van der Waals surface area (Å²) >= 11 is 1.56. The summed E-state index contributed by atoms with van der Waals surface area (Å²) in [5, 5.41) is 6.63. The molecule has 0 saturated carbocycles. The number of thiazole rings is 1. The van der Waals surface area contributed by atoms with Gasteiger partial charge in [-0.1, -0.05) is 53.7 Å². The van der Waals surface area contributed by atoms with Crippen LogP contribution in [0.2, 0.25) is 0 Å². The highest BCUT2D eigenvalue weighted by atomic mass is 32.2. The number of nitrogens with one attached hydrogen (secondary N) is 1. The summed E-state index contributed by atoms with van der Waals surface area (Å²) in [4.78, 5) is 4.82. The van der Waals surface area contributed by atoms with E-state index in [4.69, 9.17) is 9.51 Å². The van der Waals surface area contributed by atoms with Gasteiger partial charge < -0.3 is 4.52 Å². The number of rotatable bonds is 6. The number of aromatic nitrogens is 2. The number of hydrogen-bond acceptors (Lipinski definition) is 6. The van der Waals surface area contributed by atoms with Gasteiger partial charge in [-0.05, 0) is 25.5 Å². The van der Waals surface area contributed by atoms with Gasteiger partial charge in [0.15, 0.2) is 5.76 Å². The number of benzene rings is 2. The molecule has 0 aliphatic heterocycles. The van der Waals surface area contributed by atoms with Crippen LogP contribution >= 0.6 is 11.3 Å². The summed E-state index contributed by atoms with van der Waals surface area (Å²) in [6.07, 6.45) is 0. The summed E-state index contributed by atoms with van der Waals surface area (Å²) in [5.41, 5.74) is 4.13. The van der Waals surface area contributed by atoms with Crippen LogP contribution in [0.25, 0.3) is 21.8 Å². The molecule has 1 N–H and O–H groups in total. The molecule has 0 aliphatic rings. The molecule has 0 unspecified atom stereocenters. The molecule has 0 radical (unpaired) electrons. The standard InChI is InChI=1S/C21H19N3O3S2/c1-14-20(15(2)27-24-14)29(25,26)22-12-16-7-6-10-18(11-16)21-23-19(13-28-21)17-8-4-3-5-9-17/h3-11,13,22H,12H2,1-2H3. The molecule has 0 fully saturated rings. The summed E-state index contributed by atoms with van der Waals surface area (Å²) in [7, 11) is -3.71. The van der Waals surface area contributed by atoms with Gasteiger partial charge >= 0.3 is 0 Å². The van der Waals surface area contributed by atoms with Crippen molar-refractivity contribution in [2.24, 2.45) is 0 Å². The van der Waals surface area contributed by atoms with Crippen molar-refractivity contribution in [1.29, 1.82) is 0 Å². The van der Waals surface area contributed by atoms with Crippen LogP contribution in [0, 0.1) is 13.8 Å². The molecule has 2 aromatic carbocycles. The summed E-state index contributed by atoms with van der Waals surface area (Å²) < 4.78 is 32.8. The molecular formula is C21H19N3O3S2. The van der Waals surface area contributed by atoms with Gasteiger partial charge in [0.2, 0.25) is 10.0 Å². The smallest absolute Gasteiger partial charge is 0.246 e. The maximum atomic E-state index is 12.6. The Morgan fingerprint density at radius 2 is 1.79 bits per heavy atom. The first kappa shape index (κ1) is 19.5. The van der Waals surface area contributed by atoms with E-state index >= 15 is 0 Å². The Balaban J connectivity index is 1.53. The molecular weight excluding hydrogens is 406 g/mol. The highest BCUT2D eigenvalue weighted by Crippen LogP contribution is 2.29. The van der Waals surface area contributed by atoms with E-state index in [2.05, 4.69) is 9.88 Å². The third kappa shape index (κ3) is 4.14. The molecule has 0 amide bonds. The SMILES string of the molecule is Cc1noc(C)c1S(=O)(=O)NCc1cccc(-c2nc(-c3ccccc3)cs2)c1. The molecule has 0 atom stereocenters. The van der Waals surface area contributed by atoms with E-state index in [0.29, 0.717) is 5.69 Å². The average Bonchev–Trinajstić information content (AvgIpc) is 3.35. The van der Waals surface area contributed by atoms with Crippen LogP contribution in [0.1, 0.15) is 17.0 Å². The van der Waals surface area contributed by atoms with E-state index in [1.54, 1.807) is 25.2 Å². The van der Waals surface area contributed by atoms with Gasteiger partial charge in [-0.25, -0.2) is 18.1 Å². The summed E-state index contributed by atoms with van der Waals surface area (Å²) in [5.74, 6) is 0.278. The van der Waals surface area contributed by atoms with Crippen molar-refractivity contribution in [1.82, 2.24) is 14.9 Å². The largest absolute Gasteiger partial charge is 0.360 e. The fraction of sp³-hybridized carbons (Fsp3) is 0.143. The number of nitrogens with zero attached hydrogens (tertiary/aromatic N) is 2. The van der Waals surface area contributed by atoms with Crippen molar-refractivity contribution in [3.8, 4) is 21.8 Å². The normalized spacial score (nSPS) is 11.7. The van der Waals surface area contributed by atoms with E-state index in [-0.39, 0.29) is 17.2 Å². The Kier molecular flexibility index (Phi) is 5.31. The first-order valence-electron chi connectivity index (χ1n) is 8.97. The third-order valence-electron chi connectivity index (χ3n) is 4.45. The molecule has 2 aromatic heterocycles. The van der Waals surface area contributed by atoms with Gasteiger partial charge in [-0.15, -0.1) is 11.3 Å². The van der Waals surface area contributed by atoms with Crippen LogP contribution in [0.3, 0.4) is 0 Å². The maximum absolute atomic E-state index is 12.6. The Morgan fingerprint density at radius 1 is 1.03 bits per heavy atom. The average molecular weight is 426 g/mol. The van der Waals surface area contributed by atoms with E-state index in [1.807, 2.05) is 60.0 Å². The lowest BCUT2D eigenvalue weighted by molar-refractivity contribution is 0.390. The van der Waals surface area contributed by atoms with Crippen molar-refractivity contribution in [2.75, 3.05) is 0 Å². The number of hydrogen-bond donors (Lipinski definition) is 1. The highest BCUT2D eigenvalue weighted by Gasteiger charge is 2.23. The van der Waals surface area contributed by atoms with Crippen molar-refractivity contribution in [3.63, 3.8) is 0 Å². The lowest BCUT2D eigenvalue weighted by Gasteiger charge is -2.07. The van der Waals surface area contributed by atoms with Crippen molar-refractivity contribution < 1.29 is 12.9 Å². The quantitative estimate of drug-likeness (QED) is 0.489. The minimum Gasteiger partial charge on any atom is -0.360 e. The van der Waals surface area contributed by atoms with E-state index in [0.717, 1.165) is 27.4 Å². The topological polar surface area (TPSA) is 85.1 Å². The minimum atomic E-state index is -3.71. The first-order chi connectivity index (χ1) is 13.9. The second kappa shape index (κ2) is 7.90. The third-order valence-corrected chi connectivity index (χ3v) is 6.99. The van der Waals surface area contributed by atoms with Crippen molar-refractivity contribution in [2.45, 2.75) is 25.3 Å². The monoisotopic (exact) mass is 425 g/mol. The lowest BCUT2D eigenvalue weighted by atomic mass is 10.1. The molecule has 0 bridgehead atoms. The minimum absolute atomic E-state index is 0.0982. The molecule has 0 spiro atoms. The first-order valence-corrected chi connectivity index (χ1v) is 11.3. The Hall–Kier alpha value is -2.81. The molecule has 2 heterocycles. The molecule has 29 heavy (non-hydrogen) atoms. The predicted octanol–water partition coefficient (Wildman–Crippen LogP) is 4.56. The molecule has 6 nitrogen and oxygen atoms in total. The maximum Gasteiger partial charge on any atom is 0.246 e. The van der Waals surface area contributed by atoms with Gasteiger partial charge in [0.25, 0.3) is 0 Å². The molecule has 0 aliphatic carbocycles. The Labute approximate surface area is 173 Å². The van der Waals surface area contributed by atoms with Crippen LogP contribution in [0.15, 0.2) is 69.4 Å². The van der Waals surface area contributed by atoms with Gasteiger partial charge in [0.1, 0.15) is 15.6 Å². The fourth-order valence-electron chi connectivity index (χ4n) is 3.07. The zero-order valence-electron chi connectivity index (χ0n) is 15.9. The van der Waals surface area contributed by atoms with E-state index in [1.165, 1.54) is 0 Å². The molecule has 148 valence electrons. The second-order valence-corrected chi connectivity index (χ2v) is 9.14. The van der Waals surface area contributed by atoms with Gasteiger partial charge in [-0.2, -0.15) is 0 Å². The zero-order chi connectivity index (χ0) is 20.4. The number of sulfonamides is 1. The molecule has 0 saturated heterocycles. The van der Waals surface area contributed by atoms with Gasteiger partial charge in [0.05, 0.1) is 5.69 Å². The lowest BCUT2D eigenvalue weighted by Crippen LogP contribution is -2.24. The molecule has 8 heteroatoms. The van der Waals surface area contributed by atoms with Crippen molar-refractivity contribution >= 4 is 21.4 Å². The Morgan fingerprint density at radius 3 is 2.52 bits per heavy atom. The second-order valence-electron chi connectivity index (χ2n) is 6.58. The highest BCUT2D eigenvalue weighted by molar-refractivity contribution is 7.89. The molecule has 4 aromatic rings. The van der Waals surface area contributed by atoms with Crippen molar-refractivity contribution in [3.05, 3.63) is 77.0 Å². The van der Waals surface area contributed by atoms with Crippen LogP contribution in [0.4, 0.5) is 0 Å². The summed E-state index contributed by atoms with van der Waals surface area (Å²) in [6.45, 7) is 3.36. The van der Waals surface area contributed by atoms with Crippen LogP contribution in [0.5, 0.6) is 0 Å². The summed E-state index contributed by atoms with van der Waals surface area (Å²) in [6, 6.07) is 17.7. The van der Waals surface area contributed by atoms with Crippen LogP contribution in [-0.2, 0) is 16.6 Å². The predicted molar refractivity (Wildman–Crippen MR) is 113 cm³/mol. The van der Waals surface area contributed by atoms with Gasteiger partial charge in [-0.3, -0.25) is 0 Å². The van der Waals surface area contributed by atoms with E-state index < -0.39 is 10.0 Å². The van der Waals surface area contributed by atoms with Crippen LogP contribution < -0.4 is 4.72 Å².